The second-order valence-corrected chi connectivity index (χ2v) is 9.09. The number of para-hydroxylation sites is 1. The van der Waals surface area contributed by atoms with E-state index in [-0.39, 0.29) is 12.8 Å². The lowest BCUT2D eigenvalue weighted by Gasteiger charge is -2.24. The van der Waals surface area contributed by atoms with Gasteiger partial charge in [0, 0.05) is 41.8 Å². The van der Waals surface area contributed by atoms with E-state index in [2.05, 4.69) is 30.9 Å². The van der Waals surface area contributed by atoms with Crippen LogP contribution in [0.15, 0.2) is 43.0 Å². The number of carbonyl (C=O) groups is 5. The smallest absolute Gasteiger partial charge is 0.326 e. The number of nitrogens with two attached hydrogens (primary N) is 1. The lowest BCUT2D eigenvalue weighted by atomic mass is 10.0. The molecular formula is C25H31N7O8. The van der Waals surface area contributed by atoms with E-state index in [1.165, 1.54) is 12.5 Å². The molecule has 0 spiro atoms. The van der Waals surface area contributed by atoms with Crippen molar-refractivity contribution in [1.82, 2.24) is 30.9 Å². The van der Waals surface area contributed by atoms with Gasteiger partial charge in [0.25, 0.3) is 0 Å². The van der Waals surface area contributed by atoms with Crippen molar-refractivity contribution in [2.75, 3.05) is 6.61 Å². The number of H-pyrrole nitrogens is 2. The van der Waals surface area contributed by atoms with E-state index in [9.17, 15) is 34.2 Å². The van der Waals surface area contributed by atoms with Crippen molar-refractivity contribution >= 4 is 40.6 Å². The van der Waals surface area contributed by atoms with Crippen LogP contribution >= 0.6 is 0 Å². The Balaban J connectivity index is 1.68. The fourth-order valence-electron chi connectivity index (χ4n) is 4.00. The molecular weight excluding hydrogens is 526 g/mol. The quantitative estimate of drug-likeness (QED) is 0.103. The molecule has 0 aliphatic carbocycles. The van der Waals surface area contributed by atoms with Gasteiger partial charge in [0.05, 0.1) is 19.0 Å². The summed E-state index contributed by atoms with van der Waals surface area (Å²) in [4.78, 5) is 70.7. The van der Waals surface area contributed by atoms with E-state index in [4.69, 9.17) is 10.8 Å². The average molecular weight is 558 g/mol. The largest absolute Gasteiger partial charge is 0.481 e. The van der Waals surface area contributed by atoms with Gasteiger partial charge in [-0.25, -0.2) is 9.78 Å². The Morgan fingerprint density at radius 3 is 2.23 bits per heavy atom. The predicted molar refractivity (Wildman–Crippen MR) is 140 cm³/mol. The van der Waals surface area contributed by atoms with Gasteiger partial charge < -0.3 is 47.0 Å². The second kappa shape index (κ2) is 13.9. The normalized spacial score (nSPS) is 14.1. The van der Waals surface area contributed by atoms with Gasteiger partial charge in [-0.2, -0.15) is 0 Å². The van der Waals surface area contributed by atoms with Gasteiger partial charge in [-0.15, -0.1) is 0 Å². The Morgan fingerprint density at radius 1 is 0.900 bits per heavy atom. The van der Waals surface area contributed by atoms with Crippen LogP contribution in [0, 0.1) is 0 Å². The van der Waals surface area contributed by atoms with Gasteiger partial charge in [-0.3, -0.25) is 19.2 Å². The molecule has 10 N–H and O–H groups in total. The topological polar surface area (TPSA) is 253 Å². The van der Waals surface area contributed by atoms with E-state index in [0.29, 0.717) is 5.69 Å². The molecule has 3 aromatic rings. The summed E-state index contributed by atoms with van der Waals surface area (Å²) in [6.07, 6.45) is 3.74. The lowest BCUT2D eigenvalue weighted by Crippen LogP contribution is -2.58. The zero-order valence-electron chi connectivity index (χ0n) is 21.3. The molecule has 0 radical (unpaired) electrons. The maximum absolute atomic E-state index is 13.1. The molecule has 214 valence electrons. The third kappa shape index (κ3) is 8.12. The molecule has 0 fully saturated rings. The van der Waals surface area contributed by atoms with E-state index >= 15 is 0 Å². The van der Waals surface area contributed by atoms with Crippen molar-refractivity contribution in [3.05, 3.63) is 54.2 Å². The molecule has 0 saturated heterocycles. The fourth-order valence-corrected chi connectivity index (χ4v) is 4.00. The molecule has 3 amide bonds. The van der Waals surface area contributed by atoms with Crippen molar-refractivity contribution in [1.29, 1.82) is 0 Å². The molecule has 4 atom stereocenters. The number of nitrogens with zero attached hydrogens (tertiary/aromatic N) is 1. The molecule has 15 nitrogen and oxygen atoms in total. The Bertz CT molecular complexity index is 1340. The van der Waals surface area contributed by atoms with E-state index < -0.39 is 73.3 Å². The summed E-state index contributed by atoms with van der Waals surface area (Å²) in [5.74, 6) is -5.28. The van der Waals surface area contributed by atoms with Crippen molar-refractivity contribution in [3.63, 3.8) is 0 Å². The number of fused-ring (bicyclic) bond motifs is 1. The zero-order valence-corrected chi connectivity index (χ0v) is 21.3. The van der Waals surface area contributed by atoms with Crippen molar-refractivity contribution in [2.45, 2.75) is 49.9 Å². The number of hydrogen-bond acceptors (Lipinski definition) is 8. The maximum Gasteiger partial charge on any atom is 0.326 e. The highest BCUT2D eigenvalue weighted by molar-refractivity contribution is 5.94. The SMILES string of the molecule is NC(Cc1c[nH]c2ccccc12)C(=O)NC(Cc1cnc[nH]1)C(=O)NC(CO)C(=O)NC(CCC(=O)O)C(=O)O. The molecule has 40 heavy (non-hydrogen) atoms. The van der Waals surface area contributed by atoms with Gasteiger partial charge >= 0.3 is 11.9 Å². The number of nitrogens with one attached hydrogen (secondary N) is 5. The number of hydrogen-bond donors (Lipinski definition) is 9. The highest BCUT2D eigenvalue weighted by Gasteiger charge is 2.31. The number of amides is 3. The molecule has 0 bridgehead atoms. The van der Waals surface area contributed by atoms with E-state index in [1.807, 2.05) is 24.3 Å². The number of imidazole rings is 1. The lowest BCUT2D eigenvalue weighted by molar-refractivity contribution is -0.143. The number of rotatable bonds is 15. The Kier molecular flexibility index (Phi) is 10.3. The molecule has 1 aromatic carbocycles. The fraction of sp³-hybridized carbons (Fsp3) is 0.360. The van der Waals surface area contributed by atoms with Gasteiger partial charge in [0.2, 0.25) is 17.7 Å². The molecule has 0 aliphatic rings. The third-order valence-corrected chi connectivity index (χ3v) is 6.14. The minimum atomic E-state index is -1.58. The number of aliphatic carboxylic acids is 2. The van der Waals surface area contributed by atoms with Crippen LogP contribution in [-0.4, -0.2) is 90.7 Å². The molecule has 0 saturated carbocycles. The summed E-state index contributed by atoms with van der Waals surface area (Å²) in [7, 11) is 0. The first-order valence-electron chi connectivity index (χ1n) is 12.3. The second-order valence-electron chi connectivity index (χ2n) is 9.09. The Hall–Kier alpha value is -4.76. The van der Waals surface area contributed by atoms with Crippen LogP contribution in [0.4, 0.5) is 0 Å². The summed E-state index contributed by atoms with van der Waals surface area (Å²) in [6.45, 7) is -0.895. The van der Waals surface area contributed by atoms with Crippen LogP contribution in [0.25, 0.3) is 10.9 Å². The summed E-state index contributed by atoms with van der Waals surface area (Å²) in [6, 6.07) is 2.08. The highest BCUT2D eigenvalue weighted by atomic mass is 16.4. The number of benzene rings is 1. The van der Waals surface area contributed by atoms with Crippen molar-refractivity contribution < 1.29 is 39.3 Å². The summed E-state index contributed by atoms with van der Waals surface area (Å²) >= 11 is 0. The average Bonchev–Trinajstić information content (AvgIpc) is 3.58. The van der Waals surface area contributed by atoms with Crippen molar-refractivity contribution in [2.24, 2.45) is 5.73 Å². The van der Waals surface area contributed by atoms with Crippen molar-refractivity contribution in [3.8, 4) is 0 Å². The minimum Gasteiger partial charge on any atom is -0.481 e. The van der Waals surface area contributed by atoms with Crippen LogP contribution in [0.2, 0.25) is 0 Å². The zero-order chi connectivity index (χ0) is 29.2. The van der Waals surface area contributed by atoms with Crippen LogP contribution in [-0.2, 0) is 36.8 Å². The third-order valence-electron chi connectivity index (χ3n) is 6.14. The molecule has 0 aliphatic heterocycles. The van der Waals surface area contributed by atoms with Gasteiger partial charge in [-0.05, 0) is 24.5 Å². The summed E-state index contributed by atoms with van der Waals surface area (Å²) in [5.41, 5.74) is 8.32. The maximum atomic E-state index is 13.1. The number of aliphatic hydroxyl groups is 1. The van der Waals surface area contributed by atoms with Crippen LogP contribution in [0.3, 0.4) is 0 Å². The first-order valence-corrected chi connectivity index (χ1v) is 12.3. The standard InChI is InChI=1S/C25H31N7O8/c26-16(7-13-9-28-17-4-2-1-3-15(13)17)22(36)31-19(8-14-10-27-12-29-14)23(37)32-20(11-33)24(38)30-18(25(39)40)5-6-21(34)35/h1-4,9-10,12,16,18-20,28,33H,5-8,11,26H2,(H,27,29)(H,30,38)(H,31,36)(H,32,37)(H,34,35)(H,39,40). The molecule has 15 heteroatoms. The van der Waals surface area contributed by atoms with Gasteiger partial charge in [-0.1, -0.05) is 18.2 Å². The molecule has 2 aromatic heterocycles. The minimum absolute atomic E-state index is 0.0620. The Morgan fingerprint density at radius 2 is 1.57 bits per heavy atom. The molecule has 2 heterocycles. The van der Waals surface area contributed by atoms with Gasteiger partial charge in [0.1, 0.15) is 18.1 Å². The van der Waals surface area contributed by atoms with Crippen LogP contribution < -0.4 is 21.7 Å². The first-order chi connectivity index (χ1) is 19.1. The summed E-state index contributed by atoms with van der Waals surface area (Å²) < 4.78 is 0. The van der Waals surface area contributed by atoms with Crippen LogP contribution in [0.5, 0.6) is 0 Å². The first kappa shape index (κ1) is 29.8. The number of aliphatic hydroxyl groups excluding tert-OH is 1. The Labute approximate surface area is 227 Å². The molecule has 4 unspecified atom stereocenters. The van der Waals surface area contributed by atoms with E-state index in [0.717, 1.165) is 16.5 Å². The van der Waals surface area contributed by atoms with E-state index in [1.54, 1.807) is 6.20 Å². The van der Waals surface area contributed by atoms with Crippen LogP contribution in [0.1, 0.15) is 24.1 Å². The number of aromatic nitrogens is 3. The predicted octanol–water partition coefficient (Wildman–Crippen LogP) is -1.60. The number of carbonyl (C=O) groups excluding carboxylic acids is 3. The highest BCUT2D eigenvalue weighted by Crippen LogP contribution is 2.18. The number of carboxylic acid groups (broad SMARTS) is 2. The summed E-state index contributed by atoms with van der Waals surface area (Å²) in [5, 5.41) is 35.7. The number of aromatic amines is 2. The monoisotopic (exact) mass is 557 g/mol. The van der Waals surface area contributed by atoms with Gasteiger partial charge in [0.15, 0.2) is 0 Å². The number of carboxylic acids is 2. The molecule has 3 rings (SSSR count).